The molecule has 176 valence electrons. The zero-order chi connectivity index (χ0) is 24.4. The molecule has 0 aromatic heterocycles. The van der Waals surface area contributed by atoms with Crippen LogP contribution in [0.4, 0.5) is 5.69 Å². The molecule has 3 aromatic rings. The number of hydrogen-bond acceptors (Lipinski definition) is 5. The number of anilines is 1. The van der Waals surface area contributed by atoms with Crippen molar-refractivity contribution in [3.63, 3.8) is 0 Å². The molecule has 0 unspecified atom stereocenters. The molecule has 34 heavy (non-hydrogen) atoms. The van der Waals surface area contributed by atoms with Crippen molar-refractivity contribution in [1.82, 2.24) is 10.0 Å². The van der Waals surface area contributed by atoms with Gasteiger partial charge in [-0.25, -0.2) is 13.1 Å². The van der Waals surface area contributed by atoms with Gasteiger partial charge in [0.05, 0.1) is 12.0 Å². The number of carbonyl (C=O) groups is 1. The number of rotatable bonds is 9. The van der Waals surface area contributed by atoms with Crippen LogP contribution in [0, 0.1) is 0 Å². The normalized spacial score (nSPS) is 11.2. The second kappa shape index (κ2) is 12.1. The molecule has 3 aromatic carbocycles. The lowest BCUT2D eigenvalue weighted by atomic mass is 10.2. The lowest BCUT2D eigenvalue weighted by Crippen LogP contribution is -2.32. The van der Waals surface area contributed by atoms with Crippen LogP contribution in [0.1, 0.15) is 11.1 Å². The van der Waals surface area contributed by atoms with Gasteiger partial charge in [-0.05, 0) is 72.2 Å². The maximum atomic E-state index is 12.5. The molecule has 0 spiro atoms. The Labute approximate surface area is 204 Å². The Morgan fingerprint density at radius 3 is 2.29 bits per heavy atom. The molecule has 7 nitrogen and oxygen atoms in total. The molecule has 0 saturated heterocycles. The summed E-state index contributed by atoms with van der Waals surface area (Å²) in [5.74, 6) is 0.337. The largest absolute Gasteiger partial charge is 0.497 e. The van der Waals surface area contributed by atoms with Gasteiger partial charge >= 0.3 is 0 Å². The molecule has 3 N–H and O–H groups in total. The number of methoxy groups -OCH3 is 1. The van der Waals surface area contributed by atoms with Gasteiger partial charge in [0.2, 0.25) is 15.9 Å². The maximum absolute atomic E-state index is 12.5. The smallest absolute Gasteiger partial charge is 0.250 e. The summed E-state index contributed by atoms with van der Waals surface area (Å²) >= 11 is 5.16. The molecule has 0 bridgehead atoms. The molecule has 0 heterocycles. The second-order valence-electron chi connectivity index (χ2n) is 7.21. The minimum Gasteiger partial charge on any atom is -0.497 e. The first-order chi connectivity index (χ1) is 16.4. The fourth-order valence-corrected chi connectivity index (χ4v) is 4.23. The summed E-state index contributed by atoms with van der Waals surface area (Å²) in [5, 5.41) is 5.51. The number of sulfonamides is 1. The molecule has 0 fully saturated rings. The van der Waals surface area contributed by atoms with E-state index in [2.05, 4.69) is 15.4 Å². The summed E-state index contributed by atoms with van der Waals surface area (Å²) in [5.41, 5.74) is 2.44. The Balaban J connectivity index is 1.48. The van der Waals surface area contributed by atoms with Gasteiger partial charge in [-0.2, -0.15) is 0 Å². The number of carbonyl (C=O) groups excluding carboxylic acids is 1. The zero-order valence-electron chi connectivity index (χ0n) is 18.5. The standard InChI is InChI=1S/C25H25N3O4S2/c1-32-22-12-7-20(8-13-22)9-16-24(29)28-25(33)27-21-10-14-23(15-11-21)34(30,31)26-18-17-19-5-3-2-4-6-19/h2-16,26H,17-18H2,1H3,(H2,27,28,29,33)/b16-9+. The lowest BCUT2D eigenvalue weighted by Gasteiger charge is -2.10. The van der Waals surface area contributed by atoms with Crippen LogP contribution in [-0.4, -0.2) is 33.1 Å². The maximum Gasteiger partial charge on any atom is 0.250 e. The number of thiocarbonyl (C=S) groups is 1. The minimum atomic E-state index is -3.63. The molecule has 3 rings (SSSR count). The van der Waals surface area contributed by atoms with E-state index in [0.29, 0.717) is 18.7 Å². The van der Waals surface area contributed by atoms with Crippen LogP contribution >= 0.6 is 12.2 Å². The SMILES string of the molecule is COc1ccc(/C=C/C(=O)NC(=S)Nc2ccc(S(=O)(=O)NCCc3ccccc3)cc2)cc1. The highest BCUT2D eigenvalue weighted by molar-refractivity contribution is 7.89. The molecule has 0 radical (unpaired) electrons. The summed E-state index contributed by atoms with van der Waals surface area (Å²) in [7, 11) is -2.04. The average Bonchev–Trinajstić information content (AvgIpc) is 2.84. The zero-order valence-corrected chi connectivity index (χ0v) is 20.2. The molecule has 0 saturated carbocycles. The highest BCUT2D eigenvalue weighted by Crippen LogP contribution is 2.14. The van der Waals surface area contributed by atoms with Crippen LogP contribution in [0.5, 0.6) is 5.75 Å². The van der Waals surface area contributed by atoms with Gasteiger partial charge in [-0.15, -0.1) is 0 Å². The first kappa shape index (κ1) is 25.1. The van der Waals surface area contributed by atoms with Crippen molar-refractivity contribution >= 4 is 45.0 Å². The lowest BCUT2D eigenvalue weighted by molar-refractivity contribution is -0.115. The number of nitrogens with one attached hydrogen (secondary N) is 3. The first-order valence-electron chi connectivity index (χ1n) is 10.4. The van der Waals surface area contributed by atoms with Crippen molar-refractivity contribution in [1.29, 1.82) is 0 Å². The summed E-state index contributed by atoms with van der Waals surface area (Å²) in [6.45, 7) is 0.298. The Hall–Kier alpha value is -3.53. The number of ether oxygens (including phenoxy) is 1. The summed E-state index contributed by atoms with van der Waals surface area (Å²) in [6.07, 6.45) is 3.62. The van der Waals surface area contributed by atoms with E-state index in [1.807, 2.05) is 42.5 Å². The van der Waals surface area contributed by atoms with Gasteiger partial charge in [0.25, 0.3) is 0 Å². The van der Waals surface area contributed by atoms with Crippen molar-refractivity contribution in [2.24, 2.45) is 0 Å². The number of hydrogen-bond donors (Lipinski definition) is 3. The predicted octanol–water partition coefficient (Wildman–Crippen LogP) is 3.74. The predicted molar refractivity (Wildman–Crippen MR) is 138 cm³/mol. The Bertz CT molecular complexity index is 1240. The Morgan fingerprint density at radius 1 is 0.971 bits per heavy atom. The van der Waals surface area contributed by atoms with Crippen LogP contribution in [0.15, 0.2) is 89.8 Å². The molecular formula is C25H25N3O4S2. The van der Waals surface area contributed by atoms with Crippen LogP contribution in [0.3, 0.4) is 0 Å². The quantitative estimate of drug-likeness (QED) is 0.309. The highest BCUT2D eigenvalue weighted by atomic mass is 32.2. The third kappa shape index (κ3) is 7.80. The molecular weight excluding hydrogens is 470 g/mol. The topological polar surface area (TPSA) is 96.5 Å². The molecule has 9 heteroatoms. The van der Waals surface area contributed by atoms with E-state index in [1.54, 1.807) is 37.5 Å². The fraction of sp³-hybridized carbons (Fsp3) is 0.120. The van der Waals surface area contributed by atoms with Gasteiger partial charge in [-0.1, -0.05) is 42.5 Å². The van der Waals surface area contributed by atoms with Crippen LogP contribution < -0.4 is 20.1 Å². The fourth-order valence-electron chi connectivity index (χ4n) is 2.98. The first-order valence-corrected chi connectivity index (χ1v) is 12.3. The summed E-state index contributed by atoms with van der Waals surface area (Å²) < 4.78 is 32.7. The van der Waals surface area contributed by atoms with Crippen LogP contribution in [-0.2, 0) is 21.2 Å². The summed E-state index contributed by atoms with van der Waals surface area (Å²) in [6, 6.07) is 23.0. The summed E-state index contributed by atoms with van der Waals surface area (Å²) in [4.78, 5) is 12.2. The van der Waals surface area contributed by atoms with E-state index in [0.717, 1.165) is 16.9 Å². The van der Waals surface area contributed by atoms with E-state index in [-0.39, 0.29) is 10.0 Å². The van der Waals surface area contributed by atoms with Gasteiger partial charge in [0.15, 0.2) is 5.11 Å². The third-order valence-corrected chi connectivity index (χ3v) is 6.43. The molecule has 0 aliphatic rings. The average molecular weight is 496 g/mol. The Morgan fingerprint density at radius 2 is 1.65 bits per heavy atom. The van der Waals surface area contributed by atoms with Gasteiger partial charge in [0, 0.05) is 18.3 Å². The van der Waals surface area contributed by atoms with E-state index in [4.69, 9.17) is 17.0 Å². The van der Waals surface area contributed by atoms with E-state index >= 15 is 0 Å². The van der Waals surface area contributed by atoms with Gasteiger partial charge < -0.3 is 10.1 Å². The van der Waals surface area contributed by atoms with Crippen molar-refractivity contribution in [3.8, 4) is 5.75 Å². The van der Waals surface area contributed by atoms with Crippen molar-refractivity contribution in [2.75, 3.05) is 19.0 Å². The molecule has 0 aliphatic carbocycles. The van der Waals surface area contributed by atoms with E-state index in [1.165, 1.54) is 18.2 Å². The molecule has 0 aliphatic heterocycles. The second-order valence-corrected chi connectivity index (χ2v) is 9.38. The Kier molecular flexibility index (Phi) is 8.92. The van der Waals surface area contributed by atoms with Crippen molar-refractivity contribution < 1.29 is 17.9 Å². The number of benzene rings is 3. The highest BCUT2D eigenvalue weighted by Gasteiger charge is 2.13. The van der Waals surface area contributed by atoms with Gasteiger partial charge in [-0.3, -0.25) is 10.1 Å². The molecule has 0 atom stereocenters. The van der Waals surface area contributed by atoms with E-state index in [9.17, 15) is 13.2 Å². The third-order valence-electron chi connectivity index (χ3n) is 4.75. The molecule has 1 amide bonds. The van der Waals surface area contributed by atoms with Crippen LogP contribution in [0.2, 0.25) is 0 Å². The van der Waals surface area contributed by atoms with Gasteiger partial charge in [0.1, 0.15) is 5.75 Å². The van der Waals surface area contributed by atoms with E-state index < -0.39 is 15.9 Å². The van der Waals surface area contributed by atoms with Crippen molar-refractivity contribution in [3.05, 3.63) is 96.1 Å². The minimum absolute atomic E-state index is 0.0981. The van der Waals surface area contributed by atoms with Crippen LogP contribution in [0.25, 0.3) is 6.08 Å². The monoisotopic (exact) mass is 495 g/mol. The number of amides is 1. The van der Waals surface area contributed by atoms with Crippen molar-refractivity contribution in [2.45, 2.75) is 11.3 Å².